The van der Waals surface area contributed by atoms with Gasteiger partial charge in [-0.25, -0.2) is 0 Å². The number of H-pyrrole nitrogens is 1. The van der Waals surface area contributed by atoms with E-state index in [0.29, 0.717) is 23.2 Å². The van der Waals surface area contributed by atoms with Gasteiger partial charge >= 0.3 is 0 Å². The summed E-state index contributed by atoms with van der Waals surface area (Å²) in [5.74, 6) is 0.485. The molecule has 0 bridgehead atoms. The van der Waals surface area contributed by atoms with E-state index in [4.69, 9.17) is 17.0 Å². The Balaban J connectivity index is 1.78. The third-order valence-electron chi connectivity index (χ3n) is 3.60. The van der Waals surface area contributed by atoms with Gasteiger partial charge in [-0.15, -0.1) is 10.2 Å². The summed E-state index contributed by atoms with van der Waals surface area (Å²) < 4.78 is 5.36. The number of anilines is 1. The highest BCUT2D eigenvalue weighted by atomic mass is 32.1. The lowest BCUT2D eigenvalue weighted by atomic mass is 10.2. The average Bonchev–Trinajstić information content (AvgIpc) is 2.96. The second-order valence-electron chi connectivity index (χ2n) is 5.40. The monoisotopic (exact) mass is 385 g/mol. The zero-order chi connectivity index (χ0) is 19.4. The van der Waals surface area contributed by atoms with Gasteiger partial charge < -0.3 is 20.1 Å². The molecule has 0 saturated heterocycles. The van der Waals surface area contributed by atoms with Crippen molar-refractivity contribution in [1.82, 2.24) is 4.98 Å². The van der Waals surface area contributed by atoms with Crippen LogP contribution in [0.4, 0.5) is 17.1 Å². The number of benzene rings is 2. The van der Waals surface area contributed by atoms with Crippen molar-refractivity contribution < 1.29 is 14.8 Å². The number of hydrogen-bond donors (Lipinski definition) is 3. The summed E-state index contributed by atoms with van der Waals surface area (Å²) in [5, 5.41) is 32.1. The molecule has 0 fully saturated rings. The van der Waals surface area contributed by atoms with Crippen LogP contribution in [-0.2, 0) is 0 Å². The molecule has 0 aliphatic carbocycles. The van der Waals surface area contributed by atoms with E-state index >= 15 is 0 Å². The van der Waals surface area contributed by atoms with Crippen LogP contribution in [0.25, 0.3) is 10.9 Å². The molecule has 0 amide bonds. The number of nitro groups is 1. The fraction of sp³-hybridized carbons (Fsp3) is 0.118. The number of aromatic nitrogens is 1. The highest BCUT2D eigenvalue weighted by Gasteiger charge is 2.15. The molecule has 138 valence electrons. The summed E-state index contributed by atoms with van der Waals surface area (Å²) in [6.45, 7) is 2.47. The quantitative estimate of drug-likeness (QED) is 0.254. The molecule has 9 nitrogen and oxygen atoms in total. The lowest BCUT2D eigenvalue weighted by Crippen LogP contribution is -2.04. The number of non-ortho nitro benzene ring substituents is 1. The summed E-state index contributed by atoms with van der Waals surface area (Å²) in [6, 6.07) is 11.3. The molecule has 0 spiro atoms. The normalized spacial score (nSPS) is 11.0. The van der Waals surface area contributed by atoms with Crippen molar-refractivity contribution in [2.75, 3.05) is 11.9 Å². The van der Waals surface area contributed by atoms with E-state index in [-0.39, 0.29) is 22.4 Å². The minimum Gasteiger partial charge on any atom is -0.494 e. The zero-order valence-corrected chi connectivity index (χ0v) is 15.0. The number of nitro benzene ring substituents is 1. The second kappa shape index (κ2) is 7.79. The van der Waals surface area contributed by atoms with E-state index < -0.39 is 4.92 Å². The molecule has 0 aliphatic heterocycles. The van der Waals surface area contributed by atoms with Crippen LogP contribution >= 0.6 is 12.2 Å². The van der Waals surface area contributed by atoms with Gasteiger partial charge in [-0.1, -0.05) is 0 Å². The Morgan fingerprint density at radius 3 is 2.74 bits per heavy atom. The highest BCUT2D eigenvalue weighted by molar-refractivity contribution is 7.80. The molecule has 0 unspecified atom stereocenters. The van der Waals surface area contributed by atoms with Crippen molar-refractivity contribution in [2.24, 2.45) is 10.2 Å². The summed E-state index contributed by atoms with van der Waals surface area (Å²) >= 11 is 5.12. The number of ether oxygens (including phenoxy) is 1. The molecular formula is C17H15N5O4S. The van der Waals surface area contributed by atoms with Crippen molar-refractivity contribution in [3.05, 3.63) is 52.6 Å². The molecule has 0 aliphatic rings. The first kappa shape index (κ1) is 18.3. The number of nitrogens with one attached hydrogen (secondary N) is 2. The SMILES string of the molecule is CCOc1ccc(NC(=S)N=Nc2c(O)[nH]c3ccc([N+](=O)[O-])cc23)cc1. The van der Waals surface area contributed by atoms with E-state index in [2.05, 4.69) is 20.5 Å². The number of thiocarbonyl (C=S) groups is 1. The Bertz CT molecular complexity index is 1030. The lowest BCUT2D eigenvalue weighted by Gasteiger charge is -2.05. The number of nitrogens with zero attached hydrogens (tertiary/aromatic N) is 3. The van der Waals surface area contributed by atoms with Crippen LogP contribution in [0.2, 0.25) is 0 Å². The maximum absolute atomic E-state index is 10.9. The first-order chi connectivity index (χ1) is 13.0. The summed E-state index contributed by atoms with van der Waals surface area (Å²) in [6.07, 6.45) is 0. The average molecular weight is 385 g/mol. The van der Waals surface area contributed by atoms with Crippen LogP contribution in [-0.4, -0.2) is 26.7 Å². The Morgan fingerprint density at radius 2 is 2.07 bits per heavy atom. The predicted molar refractivity (Wildman–Crippen MR) is 105 cm³/mol. The molecule has 1 aromatic heterocycles. The molecular weight excluding hydrogens is 370 g/mol. The van der Waals surface area contributed by atoms with Crippen molar-refractivity contribution in [1.29, 1.82) is 0 Å². The van der Waals surface area contributed by atoms with Crippen molar-refractivity contribution >= 4 is 45.3 Å². The molecule has 3 aromatic rings. The van der Waals surface area contributed by atoms with Gasteiger partial charge in [0.15, 0.2) is 5.69 Å². The molecule has 0 radical (unpaired) electrons. The van der Waals surface area contributed by atoms with Crippen LogP contribution < -0.4 is 10.1 Å². The van der Waals surface area contributed by atoms with Gasteiger partial charge in [-0.05, 0) is 49.5 Å². The van der Waals surface area contributed by atoms with Gasteiger partial charge in [0.05, 0.1) is 17.0 Å². The van der Waals surface area contributed by atoms with Crippen LogP contribution in [0.5, 0.6) is 11.6 Å². The Hall–Kier alpha value is -3.53. The topological polar surface area (TPSA) is 125 Å². The number of hydrogen-bond acceptors (Lipinski definition) is 6. The van der Waals surface area contributed by atoms with Crippen LogP contribution in [0.1, 0.15) is 6.92 Å². The lowest BCUT2D eigenvalue weighted by molar-refractivity contribution is -0.384. The van der Waals surface area contributed by atoms with Gasteiger partial charge in [-0.2, -0.15) is 0 Å². The third-order valence-corrected chi connectivity index (χ3v) is 3.79. The minimum absolute atomic E-state index is 0.0679. The third kappa shape index (κ3) is 4.18. The molecule has 2 aromatic carbocycles. The molecule has 3 rings (SSSR count). The number of rotatable bonds is 5. The maximum atomic E-state index is 10.9. The Labute approximate surface area is 158 Å². The van der Waals surface area contributed by atoms with Gasteiger partial charge in [-0.3, -0.25) is 10.1 Å². The zero-order valence-electron chi connectivity index (χ0n) is 14.2. The van der Waals surface area contributed by atoms with Crippen molar-refractivity contribution in [3.63, 3.8) is 0 Å². The molecule has 10 heteroatoms. The second-order valence-corrected chi connectivity index (χ2v) is 5.78. The van der Waals surface area contributed by atoms with Crippen molar-refractivity contribution in [2.45, 2.75) is 6.92 Å². The first-order valence-corrected chi connectivity index (χ1v) is 8.33. The Kier molecular flexibility index (Phi) is 5.27. The Morgan fingerprint density at radius 1 is 1.33 bits per heavy atom. The van der Waals surface area contributed by atoms with Gasteiger partial charge in [0.25, 0.3) is 5.69 Å². The first-order valence-electron chi connectivity index (χ1n) is 7.92. The fourth-order valence-electron chi connectivity index (χ4n) is 2.41. The van der Waals surface area contributed by atoms with E-state index in [1.54, 1.807) is 24.3 Å². The summed E-state index contributed by atoms with van der Waals surface area (Å²) in [4.78, 5) is 13.1. The number of azo groups is 1. The smallest absolute Gasteiger partial charge is 0.270 e. The summed E-state index contributed by atoms with van der Waals surface area (Å²) in [5.41, 5.74) is 1.15. The van der Waals surface area contributed by atoms with Crippen LogP contribution in [0.3, 0.4) is 0 Å². The van der Waals surface area contributed by atoms with E-state index in [1.807, 2.05) is 6.92 Å². The summed E-state index contributed by atoms with van der Waals surface area (Å²) in [7, 11) is 0. The standard InChI is InChI=1S/C17H15N5O4S/c1-2-26-12-6-3-10(4-7-12)18-17(27)21-20-15-13-9-11(22(24)25)5-8-14(13)19-16(15)23/h3-9,19,23H,2H2,1H3,(H,18,27). The van der Waals surface area contributed by atoms with Gasteiger partial charge in [0, 0.05) is 23.2 Å². The van der Waals surface area contributed by atoms with E-state index in [1.165, 1.54) is 18.2 Å². The molecule has 0 atom stereocenters. The van der Waals surface area contributed by atoms with Gasteiger partial charge in [0.1, 0.15) is 5.75 Å². The number of aromatic amines is 1. The molecule has 1 heterocycles. The van der Waals surface area contributed by atoms with E-state index in [0.717, 1.165) is 5.75 Å². The predicted octanol–water partition coefficient (Wildman–Crippen LogP) is 4.66. The highest BCUT2D eigenvalue weighted by Crippen LogP contribution is 2.37. The molecule has 0 saturated carbocycles. The molecule has 27 heavy (non-hydrogen) atoms. The maximum Gasteiger partial charge on any atom is 0.270 e. The van der Waals surface area contributed by atoms with Crippen LogP contribution in [0.15, 0.2) is 52.7 Å². The molecule has 3 N–H and O–H groups in total. The van der Waals surface area contributed by atoms with E-state index in [9.17, 15) is 15.2 Å². The van der Waals surface area contributed by atoms with Crippen LogP contribution in [0, 0.1) is 10.1 Å². The van der Waals surface area contributed by atoms with Gasteiger partial charge in [0.2, 0.25) is 11.0 Å². The largest absolute Gasteiger partial charge is 0.494 e. The minimum atomic E-state index is -0.525. The number of fused-ring (bicyclic) bond motifs is 1. The fourth-order valence-corrected chi connectivity index (χ4v) is 2.57. The number of aromatic hydroxyl groups is 1. The van der Waals surface area contributed by atoms with Crippen molar-refractivity contribution in [3.8, 4) is 11.6 Å².